The molecule has 0 aliphatic rings. The van der Waals surface area contributed by atoms with Crippen LogP contribution in [0, 0.1) is 0 Å². The Morgan fingerprint density at radius 1 is 1.00 bits per heavy atom. The molecule has 0 heterocycles. The van der Waals surface area contributed by atoms with Crippen molar-refractivity contribution in [1.29, 1.82) is 0 Å². The molecule has 0 N–H and O–H groups in total. The first kappa shape index (κ1) is 10.4. The Morgan fingerprint density at radius 3 is 2.31 bits per heavy atom. The van der Waals surface area contributed by atoms with E-state index in [1.807, 2.05) is 36.4 Å². The molecule has 16 heavy (non-hydrogen) atoms. The first-order chi connectivity index (χ1) is 7.85. The van der Waals surface area contributed by atoms with Gasteiger partial charge in [-0.3, -0.25) is 4.79 Å². The number of rotatable bonds is 3. The largest absolute Gasteiger partial charge is 0.496 e. The highest BCUT2D eigenvalue weighted by molar-refractivity contribution is 5.78. The van der Waals surface area contributed by atoms with Gasteiger partial charge in [0.05, 0.1) is 7.11 Å². The minimum Gasteiger partial charge on any atom is -0.496 e. The van der Waals surface area contributed by atoms with Crippen molar-refractivity contribution in [3.05, 3.63) is 54.1 Å². The van der Waals surface area contributed by atoms with Gasteiger partial charge in [0.1, 0.15) is 12.0 Å². The molecule has 2 aromatic carbocycles. The van der Waals surface area contributed by atoms with Crippen molar-refractivity contribution in [2.24, 2.45) is 0 Å². The second kappa shape index (κ2) is 4.62. The zero-order valence-corrected chi connectivity index (χ0v) is 9.01. The molecule has 2 nitrogen and oxygen atoms in total. The van der Waals surface area contributed by atoms with Gasteiger partial charge in [-0.2, -0.15) is 0 Å². The third-order valence-corrected chi connectivity index (χ3v) is 2.46. The van der Waals surface area contributed by atoms with Crippen LogP contribution in [-0.2, 0) is 0 Å². The Hall–Kier alpha value is -2.09. The van der Waals surface area contributed by atoms with E-state index in [1.54, 1.807) is 19.2 Å². The molecule has 2 heteroatoms. The topological polar surface area (TPSA) is 26.3 Å². The number of ether oxygens (including phenoxy) is 1. The Morgan fingerprint density at radius 2 is 1.69 bits per heavy atom. The maximum atomic E-state index is 10.6. The van der Waals surface area contributed by atoms with Gasteiger partial charge in [0.2, 0.25) is 0 Å². The molecule has 0 amide bonds. The summed E-state index contributed by atoms with van der Waals surface area (Å²) in [5, 5.41) is 0. The van der Waals surface area contributed by atoms with Gasteiger partial charge in [-0.05, 0) is 11.6 Å². The van der Waals surface area contributed by atoms with E-state index in [0.717, 1.165) is 23.2 Å². The van der Waals surface area contributed by atoms with Crippen molar-refractivity contribution in [3.63, 3.8) is 0 Å². The molecule has 0 aromatic heterocycles. The van der Waals surface area contributed by atoms with E-state index < -0.39 is 0 Å². The van der Waals surface area contributed by atoms with Crippen LogP contribution < -0.4 is 4.74 Å². The number of methoxy groups -OCH3 is 1. The average Bonchev–Trinajstić information content (AvgIpc) is 2.39. The van der Waals surface area contributed by atoms with Crippen LogP contribution in [0.3, 0.4) is 0 Å². The molecule has 0 saturated carbocycles. The molecular weight excluding hydrogens is 200 g/mol. The normalized spacial score (nSPS) is 9.81. The summed E-state index contributed by atoms with van der Waals surface area (Å²) in [5.41, 5.74) is 2.75. The van der Waals surface area contributed by atoms with Crippen LogP contribution in [0.15, 0.2) is 48.5 Å². The summed E-state index contributed by atoms with van der Waals surface area (Å²) < 4.78 is 5.29. The molecule has 0 aliphatic carbocycles. The zero-order valence-electron chi connectivity index (χ0n) is 9.01. The lowest BCUT2D eigenvalue weighted by Gasteiger charge is -2.07. The van der Waals surface area contributed by atoms with E-state index >= 15 is 0 Å². The maximum absolute atomic E-state index is 10.6. The minimum absolute atomic E-state index is 0.679. The molecule has 0 fully saturated rings. The smallest absolute Gasteiger partial charge is 0.150 e. The third-order valence-electron chi connectivity index (χ3n) is 2.46. The number of carbonyl (C=O) groups is 1. The quantitative estimate of drug-likeness (QED) is 0.730. The molecule has 0 radical (unpaired) electrons. The summed E-state index contributed by atoms with van der Waals surface area (Å²) in [4.78, 5) is 10.6. The Bertz CT molecular complexity index is 486. The van der Waals surface area contributed by atoms with E-state index in [9.17, 15) is 4.79 Å². The summed E-state index contributed by atoms with van der Waals surface area (Å²) >= 11 is 0. The highest BCUT2D eigenvalue weighted by Gasteiger charge is 2.03. The van der Waals surface area contributed by atoms with Crippen LogP contribution in [0.25, 0.3) is 11.1 Å². The van der Waals surface area contributed by atoms with Crippen molar-refractivity contribution in [2.45, 2.75) is 0 Å². The van der Waals surface area contributed by atoms with Gasteiger partial charge < -0.3 is 4.74 Å². The molecule has 80 valence electrons. The number of hydrogen-bond donors (Lipinski definition) is 0. The predicted octanol–water partition coefficient (Wildman–Crippen LogP) is 3.17. The highest BCUT2D eigenvalue weighted by atomic mass is 16.5. The first-order valence-electron chi connectivity index (χ1n) is 5.04. The van der Waals surface area contributed by atoms with Gasteiger partial charge in [0, 0.05) is 11.1 Å². The van der Waals surface area contributed by atoms with Crippen LogP contribution in [-0.4, -0.2) is 13.4 Å². The van der Waals surface area contributed by atoms with E-state index in [-0.39, 0.29) is 0 Å². The lowest BCUT2D eigenvalue weighted by atomic mass is 10.0. The van der Waals surface area contributed by atoms with E-state index in [0.29, 0.717) is 5.56 Å². The van der Waals surface area contributed by atoms with E-state index in [2.05, 4.69) is 0 Å². The summed E-state index contributed by atoms with van der Waals surface area (Å²) in [6, 6.07) is 15.2. The molecule has 0 spiro atoms. The third kappa shape index (κ3) is 1.96. The second-order valence-corrected chi connectivity index (χ2v) is 3.44. The molecule has 0 aliphatic heterocycles. The molecule has 2 aromatic rings. The Balaban J connectivity index is 2.45. The van der Waals surface area contributed by atoms with Gasteiger partial charge in [0.15, 0.2) is 0 Å². The average molecular weight is 212 g/mol. The van der Waals surface area contributed by atoms with Crippen molar-refractivity contribution >= 4 is 6.29 Å². The fourth-order valence-electron chi connectivity index (χ4n) is 1.62. The fourth-order valence-corrected chi connectivity index (χ4v) is 1.62. The van der Waals surface area contributed by atoms with Crippen molar-refractivity contribution in [1.82, 2.24) is 0 Å². The zero-order chi connectivity index (χ0) is 11.4. The van der Waals surface area contributed by atoms with Crippen LogP contribution in [0.1, 0.15) is 10.4 Å². The van der Waals surface area contributed by atoms with Gasteiger partial charge in [0.25, 0.3) is 0 Å². The van der Waals surface area contributed by atoms with Gasteiger partial charge >= 0.3 is 0 Å². The fraction of sp³-hybridized carbons (Fsp3) is 0.0714. The number of aldehydes is 1. The van der Waals surface area contributed by atoms with Crippen LogP contribution in [0.2, 0.25) is 0 Å². The number of carbonyl (C=O) groups excluding carboxylic acids is 1. The Kier molecular flexibility index (Phi) is 3.01. The lowest BCUT2D eigenvalue weighted by molar-refractivity contribution is 0.112. The van der Waals surface area contributed by atoms with Crippen molar-refractivity contribution < 1.29 is 9.53 Å². The van der Waals surface area contributed by atoms with Gasteiger partial charge in [-0.25, -0.2) is 0 Å². The molecule has 0 unspecified atom stereocenters. The van der Waals surface area contributed by atoms with Gasteiger partial charge in [-0.1, -0.05) is 42.5 Å². The number of benzene rings is 2. The summed E-state index contributed by atoms with van der Waals surface area (Å²) in [6.45, 7) is 0. The number of hydrogen-bond acceptors (Lipinski definition) is 2. The predicted molar refractivity (Wildman–Crippen MR) is 63.8 cm³/mol. The lowest BCUT2D eigenvalue weighted by Crippen LogP contribution is -1.87. The maximum Gasteiger partial charge on any atom is 0.150 e. The highest BCUT2D eigenvalue weighted by Crippen LogP contribution is 2.29. The first-order valence-corrected chi connectivity index (χ1v) is 5.04. The van der Waals surface area contributed by atoms with Crippen molar-refractivity contribution in [2.75, 3.05) is 7.11 Å². The van der Waals surface area contributed by atoms with Crippen LogP contribution in [0.5, 0.6) is 5.75 Å². The van der Waals surface area contributed by atoms with Gasteiger partial charge in [-0.15, -0.1) is 0 Å². The van der Waals surface area contributed by atoms with E-state index in [1.165, 1.54) is 0 Å². The monoisotopic (exact) mass is 212 g/mol. The second-order valence-electron chi connectivity index (χ2n) is 3.44. The molecular formula is C14H12O2. The summed E-state index contributed by atoms with van der Waals surface area (Å²) in [7, 11) is 1.65. The Labute approximate surface area is 94.5 Å². The van der Waals surface area contributed by atoms with Crippen LogP contribution >= 0.6 is 0 Å². The standard InChI is InChI=1S/C14H12O2/c1-16-14-5-3-2-4-13(14)12-8-6-11(10-15)7-9-12/h2-10H,1H3. The number of para-hydroxylation sites is 1. The molecule has 0 bridgehead atoms. The molecule has 2 rings (SSSR count). The van der Waals surface area contributed by atoms with Crippen LogP contribution in [0.4, 0.5) is 0 Å². The molecule has 0 saturated heterocycles. The minimum atomic E-state index is 0.679. The SMILES string of the molecule is COc1ccccc1-c1ccc(C=O)cc1. The van der Waals surface area contributed by atoms with E-state index in [4.69, 9.17) is 4.74 Å². The van der Waals surface area contributed by atoms with Crippen molar-refractivity contribution in [3.8, 4) is 16.9 Å². The molecule has 0 atom stereocenters. The summed E-state index contributed by atoms with van der Waals surface area (Å²) in [5.74, 6) is 0.835. The summed E-state index contributed by atoms with van der Waals surface area (Å²) in [6.07, 6.45) is 0.839.